The van der Waals surface area contributed by atoms with Gasteiger partial charge in [-0.25, -0.2) is 0 Å². The van der Waals surface area contributed by atoms with Crippen molar-refractivity contribution in [1.29, 1.82) is 0 Å². The second-order valence-corrected chi connectivity index (χ2v) is 13.3. The minimum absolute atomic E-state index is 0.0210. The van der Waals surface area contributed by atoms with Gasteiger partial charge in [-0.2, -0.15) is 0 Å². The Kier molecular flexibility index (Phi) is 12.0. The number of hydrogen-bond donors (Lipinski definition) is 1. The first-order chi connectivity index (χ1) is 18.6. The second-order valence-electron chi connectivity index (χ2n) is 13.3. The van der Waals surface area contributed by atoms with Crippen molar-refractivity contribution in [2.24, 2.45) is 29.6 Å². The van der Waals surface area contributed by atoms with Crippen LogP contribution in [0, 0.1) is 29.6 Å². The lowest BCUT2D eigenvalue weighted by molar-refractivity contribution is -0.156. The minimum Gasteiger partial charge on any atom is -0.462 e. The fraction of sp³-hybridized carbons (Fsp3) is 0.800. The molecule has 3 aliphatic carbocycles. The Hall–Kier alpha value is -1.35. The molecule has 3 saturated carbocycles. The van der Waals surface area contributed by atoms with Gasteiger partial charge in [0.2, 0.25) is 0 Å². The standard InChI is InChI=1S/C35H56O3/c1-3-4-5-6-27-9-15-30(16-10-27)31-17-11-28(12-18-31)7-8-29-13-19-32(20-14-29)33-21-23-34(24-22-33)38-35(37)26(2)25-36/h13-14,19-20,26-28,30-31,33-34,36H,3-12,15-18,21-25H2,1-2H3. The Labute approximate surface area is 233 Å². The van der Waals surface area contributed by atoms with Gasteiger partial charge in [0.15, 0.2) is 0 Å². The number of ether oxygens (including phenoxy) is 1. The third-order valence-corrected chi connectivity index (χ3v) is 10.6. The van der Waals surface area contributed by atoms with Crippen molar-refractivity contribution in [2.45, 2.75) is 141 Å². The fourth-order valence-electron chi connectivity index (χ4n) is 7.78. The molecule has 0 heterocycles. The summed E-state index contributed by atoms with van der Waals surface area (Å²) in [6, 6.07) is 9.45. The summed E-state index contributed by atoms with van der Waals surface area (Å²) in [4.78, 5) is 12.0. The van der Waals surface area contributed by atoms with E-state index in [1.165, 1.54) is 101 Å². The zero-order chi connectivity index (χ0) is 26.7. The molecule has 0 bridgehead atoms. The predicted octanol–water partition coefficient (Wildman–Crippen LogP) is 9.01. The first-order valence-electron chi connectivity index (χ1n) is 16.5. The molecule has 0 radical (unpaired) electrons. The average Bonchev–Trinajstić information content (AvgIpc) is 2.97. The van der Waals surface area contributed by atoms with Crippen molar-refractivity contribution in [1.82, 2.24) is 0 Å². The smallest absolute Gasteiger partial charge is 0.311 e. The highest BCUT2D eigenvalue weighted by Gasteiger charge is 2.31. The van der Waals surface area contributed by atoms with Crippen LogP contribution < -0.4 is 0 Å². The molecular formula is C35H56O3. The van der Waals surface area contributed by atoms with Gasteiger partial charge in [0.1, 0.15) is 6.10 Å². The van der Waals surface area contributed by atoms with Crippen molar-refractivity contribution in [2.75, 3.05) is 6.61 Å². The summed E-state index contributed by atoms with van der Waals surface area (Å²) < 4.78 is 5.60. The second kappa shape index (κ2) is 15.4. The molecule has 3 nitrogen and oxygen atoms in total. The molecule has 3 fully saturated rings. The first-order valence-corrected chi connectivity index (χ1v) is 16.5. The third-order valence-electron chi connectivity index (χ3n) is 10.6. The van der Waals surface area contributed by atoms with E-state index < -0.39 is 5.92 Å². The Balaban J connectivity index is 1.11. The molecule has 1 atom stereocenters. The molecular weight excluding hydrogens is 468 g/mol. The number of hydrogen-bond acceptors (Lipinski definition) is 3. The number of esters is 1. The summed E-state index contributed by atoms with van der Waals surface area (Å²) in [5, 5.41) is 9.15. The lowest BCUT2D eigenvalue weighted by Gasteiger charge is -2.38. The molecule has 0 saturated heterocycles. The van der Waals surface area contributed by atoms with E-state index in [2.05, 4.69) is 31.2 Å². The van der Waals surface area contributed by atoms with Gasteiger partial charge in [-0.1, -0.05) is 82.6 Å². The van der Waals surface area contributed by atoms with Crippen molar-refractivity contribution in [3.63, 3.8) is 0 Å². The summed E-state index contributed by atoms with van der Waals surface area (Å²) in [5.74, 6) is 3.95. The topological polar surface area (TPSA) is 46.5 Å². The summed E-state index contributed by atoms with van der Waals surface area (Å²) >= 11 is 0. The Morgan fingerprint density at radius 1 is 0.816 bits per heavy atom. The van der Waals surface area contributed by atoms with Crippen molar-refractivity contribution >= 4 is 5.97 Å². The molecule has 4 rings (SSSR count). The number of carbonyl (C=O) groups is 1. The lowest BCUT2D eigenvalue weighted by Crippen LogP contribution is -2.27. The molecule has 38 heavy (non-hydrogen) atoms. The SMILES string of the molecule is CCCCCC1CCC(C2CCC(CCc3ccc(C4CCC(OC(=O)C(C)CO)CC4)cc3)CC2)CC1. The van der Waals surface area contributed by atoms with Crippen LogP contribution in [0.2, 0.25) is 0 Å². The highest BCUT2D eigenvalue weighted by Crippen LogP contribution is 2.43. The summed E-state index contributed by atoms with van der Waals surface area (Å²) in [7, 11) is 0. The molecule has 1 aromatic carbocycles. The predicted molar refractivity (Wildman–Crippen MR) is 157 cm³/mol. The van der Waals surface area contributed by atoms with Gasteiger partial charge in [-0.05, 0) is 112 Å². The average molecular weight is 525 g/mol. The van der Waals surface area contributed by atoms with Crippen molar-refractivity contribution in [3.05, 3.63) is 35.4 Å². The third kappa shape index (κ3) is 8.83. The van der Waals surface area contributed by atoms with Crippen LogP contribution in [0.15, 0.2) is 24.3 Å². The number of aliphatic hydroxyl groups excluding tert-OH is 1. The van der Waals surface area contributed by atoms with E-state index in [-0.39, 0.29) is 18.7 Å². The van der Waals surface area contributed by atoms with Gasteiger partial charge in [-0.15, -0.1) is 0 Å². The van der Waals surface area contributed by atoms with Gasteiger partial charge >= 0.3 is 5.97 Å². The van der Waals surface area contributed by atoms with Gasteiger partial charge in [-0.3, -0.25) is 4.79 Å². The normalized spacial score (nSPS) is 31.0. The lowest BCUT2D eigenvalue weighted by atomic mass is 9.68. The minimum atomic E-state index is -0.416. The van der Waals surface area contributed by atoms with Gasteiger partial charge in [0.05, 0.1) is 12.5 Å². The van der Waals surface area contributed by atoms with Crippen LogP contribution in [-0.4, -0.2) is 23.8 Å². The zero-order valence-corrected chi connectivity index (χ0v) is 24.5. The Bertz CT molecular complexity index is 793. The van der Waals surface area contributed by atoms with Crippen LogP contribution in [0.1, 0.15) is 140 Å². The molecule has 0 aliphatic heterocycles. The quantitative estimate of drug-likeness (QED) is 0.219. The first kappa shape index (κ1) is 29.6. The van der Waals surface area contributed by atoms with E-state index in [0.717, 1.165) is 49.4 Å². The van der Waals surface area contributed by atoms with E-state index in [1.54, 1.807) is 6.92 Å². The Morgan fingerprint density at radius 3 is 1.95 bits per heavy atom. The molecule has 3 heteroatoms. The van der Waals surface area contributed by atoms with Crippen LogP contribution in [0.4, 0.5) is 0 Å². The molecule has 214 valence electrons. The number of carbonyl (C=O) groups excluding carboxylic acids is 1. The number of benzene rings is 1. The highest BCUT2D eigenvalue weighted by atomic mass is 16.5. The number of aryl methyl sites for hydroxylation is 1. The summed E-state index contributed by atoms with van der Waals surface area (Å²) in [6.07, 6.45) is 24.4. The van der Waals surface area contributed by atoms with E-state index >= 15 is 0 Å². The van der Waals surface area contributed by atoms with E-state index in [1.807, 2.05) is 0 Å². The van der Waals surface area contributed by atoms with Crippen LogP contribution in [0.25, 0.3) is 0 Å². The van der Waals surface area contributed by atoms with E-state index in [4.69, 9.17) is 9.84 Å². The van der Waals surface area contributed by atoms with Gasteiger partial charge < -0.3 is 9.84 Å². The highest BCUT2D eigenvalue weighted by molar-refractivity contribution is 5.72. The molecule has 0 amide bonds. The molecule has 1 unspecified atom stereocenters. The van der Waals surface area contributed by atoms with Crippen LogP contribution in [-0.2, 0) is 16.0 Å². The monoisotopic (exact) mass is 524 g/mol. The number of rotatable bonds is 12. The van der Waals surface area contributed by atoms with Gasteiger partial charge in [0.25, 0.3) is 0 Å². The summed E-state index contributed by atoms with van der Waals surface area (Å²) in [5.41, 5.74) is 2.95. The van der Waals surface area contributed by atoms with E-state index in [9.17, 15) is 4.79 Å². The molecule has 0 spiro atoms. The number of unbranched alkanes of at least 4 members (excludes halogenated alkanes) is 2. The van der Waals surface area contributed by atoms with E-state index in [0.29, 0.717) is 5.92 Å². The van der Waals surface area contributed by atoms with Crippen LogP contribution in [0.3, 0.4) is 0 Å². The van der Waals surface area contributed by atoms with Crippen molar-refractivity contribution < 1.29 is 14.6 Å². The molecule has 1 N–H and O–H groups in total. The largest absolute Gasteiger partial charge is 0.462 e. The number of aliphatic hydroxyl groups is 1. The molecule has 0 aromatic heterocycles. The molecule has 3 aliphatic rings. The van der Waals surface area contributed by atoms with Gasteiger partial charge in [0, 0.05) is 0 Å². The Morgan fingerprint density at radius 2 is 1.39 bits per heavy atom. The maximum atomic E-state index is 12.0. The van der Waals surface area contributed by atoms with Crippen molar-refractivity contribution in [3.8, 4) is 0 Å². The maximum Gasteiger partial charge on any atom is 0.311 e. The maximum absolute atomic E-state index is 12.0. The zero-order valence-electron chi connectivity index (χ0n) is 24.5. The fourth-order valence-corrected chi connectivity index (χ4v) is 7.78. The van der Waals surface area contributed by atoms with Crippen LogP contribution in [0.5, 0.6) is 0 Å². The molecule has 1 aromatic rings. The summed E-state index contributed by atoms with van der Waals surface area (Å²) in [6.45, 7) is 3.91. The van der Waals surface area contributed by atoms with Crippen LogP contribution >= 0.6 is 0 Å².